The van der Waals surface area contributed by atoms with E-state index in [2.05, 4.69) is 64.5 Å². The van der Waals surface area contributed by atoms with Crippen LogP contribution in [0.15, 0.2) is 75.6 Å². The highest BCUT2D eigenvalue weighted by Crippen LogP contribution is 2.35. The van der Waals surface area contributed by atoms with Gasteiger partial charge in [0.1, 0.15) is 11.2 Å². The van der Waals surface area contributed by atoms with Crippen LogP contribution in [0.5, 0.6) is 0 Å². The molecule has 0 radical (unpaired) electrons. The molecule has 0 saturated heterocycles. The lowest BCUT2D eigenvalue weighted by molar-refractivity contribution is 0.670. The number of furan rings is 1. The summed E-state index contributed by atoms with van der Waals surface area (Å²) in [6, 6.07) is 22.8. The number of rotatable bonds is 1. The summed E-state index contributed by atoms with van der Waals surface area (Å²) in [5.41, 5.74) is 4.19. The number of fused-ring (bicyclic) bond motifs is 3. The van der Waals surface area contributed by atoms with Crippen molar-refractivity contribution in [2.24, 2.45) is 0 Å². The van der Waals surface area contributed by atoms with Crippen LogP contribution in [0.4, 0.5) is 0 Å². The van der Waals surface area contributed by atoms with Crippen LogP contribution in [0.2, 0.25) is 0 Å². The molecule has 1 nitrogen and oxygen atoms in total. The van der Waals surface area contributed by atoms with E-state index in [1.807, 2.05) is 18.2 Å². The Labute approximate surface area is 125 Å². The largest absolute Gasteiger partial charge is 0.455 e. The van der Waals surface area contributed by atoms with Gasteiger partial charge in [-0.1, -0.05) is 64.5 Å². The van der Waals surface area contributed by atoms with Crippen molar-refractivity contribution in [3.8, 4) is 11.1 Å². The molecule has 0 aliphatic heterocycles. The van der Waals surface area contributed by atoms with Gasteiger partial charge in [-0.3, -0.25) is 0 Å². The average molecular weight is 323 g/mol. The van der Waals surface area contributed by atoms with Gasteiger partial charge in [-0.25, -0.2) is 0 Å². The van der Waals surface area contributed by atoms with Gasteiger partial charge < -0.3 is 4.42 Å². The van der Waals surface area contributed by atoms with Gasteiger partial charge in [0, 0.05) is 20.8 Å². The minimum atomic E-state index is 0.937. The first kappa shape index (κ1) is 11.7. The van der Waals surface area contributed by atoms with E-state index < -0.39 is 0 Å². The van der Waals surface area contributed by atoms with Crippen LogP contribution >= 0.6 is 15.9 Å². The van der Waals surface area contributed by atoms with E-state index in [4.69, 9.17) is 4.42 Å². The number of hydrogen-bond acceptors (Lipinski definition) is 1. The van der Waals surface area contributed by atoms with Crippen LogP contribution in [-0.2, 0) is 0 Å². The standard InChI is InChI=1S/C18H11BrO/c19-13-10-8-12(9-11-13)14-5-3-6-16-15-4-1-2-7-17(15)20-18(14)16/h1-11H. The molecule has 4 aromatic rings. The van der Waals surface area contributed by atoms with Crippen molar-refractivity contribution in [2.75, 3.05) is 0 Å². The molecule has 20 heavy (non-hydrogen) atoms. The lowest BCUT2D eigenvalue weighted by atomic mass is 10.0. The SMILES string of the molecule is Brc1ccc(-c2cccc3c2oc2ccccc23)cc1. The Morgan fingerprint density at radius 1 is 0.700 bits per heavy atom. The normalized spacial score (nSPS) is 11.2. The Balaban J connectivity index is 2.07. The maximum atomic E-state index is 6.06. The second-order valence-corrected chi connectivity index (χ2v) is 5.70. The lowest BCUT2D eigenvalue weighted by Crippen LogP contribution is -1.78. The van der Waals surface area contributed by atoms with E-state index in [1.165, 1.54) is 10.8 Å². The van der Waals surface area contributed by atoms with Crippen LogP contribution in [0.3, 0.4) is 0 Å². The highest BCUT2D eigenvalue weighted by Gasteiger charge is 2.11. The zero-order chi connectivity index (χ0) is 13.5. The van der Waals surface area contributed by atoms with Crippen molar-refractivity contribution >= 4 is 37.9 Å². The van der Waals surface area contributed by atoms with E-state index in [0.29, 0.717) is 0 Å². The first-order valence-corrected chi connectivity index (χ1v) is 7.28. The van der Waals surface area contributed by atoms with Gasteiger partial charge in [-0.15, -0.1) is 0 Å². The van der Waals surface area contributed by atoms with Crippen molar-refractivity contribution in [3.63, 3.8) is 0 Å². The van der Waals surface area contributed by atoms with E-state index >= 15 is 0 Å². The molecule has 0 bridgehead atoms. The molecule has 1 heterocycles. The summed E-state index contributed by atoms with van der Waals surface area (Å²) in [5.74, 6) is 0. The summed E-state index contributed by atoms with van der Waals surface area (Å²) in [4.78, 5) is 0. The maximum absolute atomic E-state index is 6.06. The number of halogens is 1. The number of para-hydroxylation sites is 2. The monoisotopic (exact) mass is 322 g/mol. The van der Waals surface area contributed by atoms with Crippen molar-refractivity contribution in [1.29, 1.82) is 0 Å². The fourth-order valence-corrected chi connectivity index (χ4v) is 2.87. The third-order valence-electron chi connectivity index (χ3n) is 3.56. The second kappa shape index (κ2) is 4.50. The molecule has 0 N–H and O–H groups in total. The minimum Gasteiger partial charge on any atom is -0.455 e. The Kier molecular flexibility index (Phi) is 2.64. The topological polar surface area (TPSA) is 13.1 Å². The third-order valence-corrected chi connectivity index (χ3v) is 4.09. The maximum Gasteiger partial charge on any atom is 0.143 e. The van der Waals surface area contributed by atoms with E-state index in [1.54, 1.807) is 0 Å². The molecule has 0 saturated carbocycles. The summed E-state index contributed by atoms with van der Waals surface area (Å²) >= 11 is 3.47. The van der Waals surface area contributed by atoms with Gasteiger partial charge >= 0.3 is 0 Å². The summed E-state index contributed by atoms with van der Waals surface area (Å²) < 4.78 is 7.14. The molecule has 0 aliphatic rings. The molecule has 2 heteroatoms. The molecule has 1 aromatic heterocycles. The molecule has 0 fully saturated rings. The summed E-state index contributed by atoms with van der Waals surface area (Å²) in [5, 5.41) is 2.34. The van der Waals surface area contributed by atoms with E-state index in [-0.39, 0.29) is 0 Å². The van der Waals surface area contributed by atoms with Gasteiger partial charge in [0.05, 0.1) is 0 Å². The van der Waals surface area contributed by atoms with Gasteiger partial charge in [-0.05, 0) is 23.8 Å². The minimum absolute atomic E-state index is 0.937. The molecule has 4 rings (SSSR count). The van der Waals surface area contributed by atoms with Gasteiger partial charge in [0.25, 0.3) is 0 Å². The van der Waals surface area contributed by atoms with Gasteiger partial charge in [0.2, 0.25) is 0 Å². The Hall–Kier alpha value is -2.06. The summed E-state index contributed by atoms with van der Waals surface area (Å²) in [6.07, 6.45) is 0. The molecule has 0 unspecified atom stereocenters. The Bertz CT molecular complexity index is 904. The van der Waals surface area contributed by atoms with E-state index in [9.17, 15) is 0 Å². The highest BCUT2D eigenvalue weighted by molar-refractivity contribution is 9.10. The zero-order valence-corrected chi connectivity index (χ0v) is 12.2. The van der Waals surface area contributed by atoms with Crippen molar-refractivity contribution < 1.29 is 4.42 Å². The quantitative estimate of drug-likeness (QED) is 0.418. The lowest BCUT2D eigenvalue weighted by Gasteiger charge is -2.02. The molecule has 0 spiro atoms. The first-order valence-electron chi connectivity index (χ1n) is 6.49. The van der Waals surface area contributed by atoms with Crippen LogP contribution in [0.1, 0.15) is 0 Å². The average Bonchev–Trinajstić information content (AvgIpc) is 2.87. The first-order chi connectivity index (χ1) is 9.83. The number of benzene rings is 3. The molecule has 96 valence electrons. The molecular formula is C18H11BrO. The smallest absolute Gasteiger partial charge is 0.143 e. The van der Waals surface area contributed by atoms with Crippen molar-refractivity contribution in [2.45, 2.75) is 0 Å². The number of hydrogen-bond donors (Lipinski definition) is 0. The van der Waals surface area contributed by atoms with Crippen LogP contribution in [-0.4, -0.2) is 0 Å². The Morgan fingerprint density at radius 3 is 2.30 bits per heavy atom. The van der Waals surface area contributed by atoms with Crippen LogP contribution in [0, 0.1) is 0 Å². The molecule has 0 atom stereocenters. The van der Waals surface area contributed by atoms with E-state index in [0.717, 1.165) is 26.8 Å². The van der Waals surface area contributed by atoms with Crippen LogP contribution < -0.4 is 0 Å². The fourth-order valence-electron chi connectivity index (χ4n) is 2.60. The Morgan fingerprint density at radius 2 is 1.45 bits per heavy atom. The van der Waals surface area contributed by atoms with Gasteiger partial charge in [0.15, 0.2) is 0 Å². The second-order valence-electron chi connectivity index (χ2n) is 4.79. The van der Waals surface area contributed by atoms with Crippen molar-refractivity contribution in [1.82, 2.24) is 0 Å². The summed E-state index contributed by atoms with van der Waals surface area (Å²) in [7, 11) is 0. The highest BCUT2D eigenvalue weighted by atomic mass is 79.9. The molecule has 0 amide bonds. The fraction of sp³-hybridized carbons (Fsp3) is 0. The van der Waals surface area contributed by atoms with Crippen molar-refractivity contribution in [3.05, 3.63) is 71.2 Å². The molecule has 0 aliphatic carbocycles. The van der Waals surface area contributed by atoms with Gasteiger partial charge in [-0.2, -0.15) is 0 Å². The summed E-state index contributed by atoms with van der Waals surface area (Å²) in [6.45, 7) is 0. The predicted octanol–water partition coefficient (Wildman–Crippen LogP) is 6.02. The predicted molar refractivity (Wildman–Crippen MR) is 86.9 cm³/mol. The molecule has 3 aromatic carbocycles. The third kappa shape index (κ3) is 1.76. The molecular weight excluding hydrogens is 312 g/mol. The van der Waals surface area contributed by atoms with Crippen LogP contribution in [0.25, 0.3) is 33.1 Å². The zero-order valence-electron chi connectivity index (χ0n) is 10.6.